The number of nitrogens with one attached hydrogen (secondary N) is 1. The van der Waals surface area contributed by atoms with Crippen molar-refractivity contribution in [1.82, 2.24) is 15.2 Å². The van der Waals surface area contributed by atoms with Crippen LogP contribution in [0.3, 0.4) is 0 Å². The largest absolute Gasteiger partial charge is 0.448 e. The standard InChI is InChI=1S/C11H17N3O3/c1-9-13-10(8-17-9)11(15)12-2-3-14-4-6-16-7-5-14/h8H,2-7H2,1H3,(H,12,15). The Morgan fingerprint density at radius 2 is 2.29 bits per heavy atom. The number of aromatic nitrogens is 1. The second kappa shape index (κ2) is 5.79. The average molecular weight is 239 g/mol. The highest BCUT2D eigenvalue weighted by Crippen LogP contribution is 2.00. The van der Waals surface area contributed by atoms with Gasteiger partial charge in [0.2, 0.25) is 0 Å². The zero-order valence-corrected chi connectivity index (χ0v) is 9.94. The summed E-state index contributed by atoms with van der Waals surface area (Å²) in [5.74, 6) is 0.318. The number of morpholine rings is 1. The molecule has 1 aliphatic rings. The van der Waals surface area contributed by atoms with E-state index in [2.05, 4.69) is 15.2 Å². The molecule has 0 radical (unpaired) electrons. The van der Waals surface area contributed by atoms with E-state index < -0.39 is 0 Å². The van der Waals surface area contributed by atoms with Gasteiger partial charge in [0.15, 0.2) is 11.6 Å². The number of carbonyl (C=O) groups is 1. The summed E-state index contributed by atoms with van der Waals surface area (Å²) in [6, 6.07) is 0. The van der Waals surface area contributed by atoms with Gasteiger partial charge in [0.1, 0.15) is 6.26 Å². The van der Waals surface area contributed by atoms with E-state index in [9.17, 15) is 4.79 Å². The summed E-state index contributed by atoms with van der Waals surface area (Å²) in [6.45, 7) is 6.58. The number of rotatable bonds is 4. The van der Waals surface area contributed by atoms with E-state index in [1.807, 2.05) is 0 Å². The Kier molecular flexibility index (Phi) is 4.11. The van der Waals surface area contributed by atoms with E-state index in [1.165, 1.54) is 6.26 Å². The van der Waals surface area contributed by atoms with Crippen LogP contribution >= 0.6 is 0 Å². The lowest BCUT2D eigenvalue weighted by Crippen LogP contribution is -2.41. The van der Waals surface area contributed by atoms with Gasteiger partial charge in [0.25, 0.3) is 5.91 Å². The van der Waals surface area contributed by atoms with Crippen molar-refractivity contribution >= 4 is 5.91 Å². The summed E-state index contributed by atoms with van der Waals surface area (Å²) in [4.78, 5) is 17.8. The predicted octanol–water partition coefficient (Wildman–Crippen LogP) is 0.0450. The molecule has 0 unspecified atom stereocenters. The number of nitrogens with zero attached hydrogens (tertiary/aromatic N) is 2. The maximum Gasteiger partial charge on any atom is 0.273 e. The fourth-order valence-electron chi connectivity index (χ4n) is 1.71. The van der Waals surface area contributed by atoms with Crippen molar-refractivity contribution in [3.63, 3.8) is 0 Å². The quantitative estimate of drug-likeness (QED) is 0.803. The van der Waals surface area contributed by atoms with E-state index in [1.54, 1.807) is 6.92 Å². The van der Waals surface area contributed by atoms with Gasteiger partial charge in [0, 0.05) is 33.1 Å². The first kappa shape index (κ1) is 12.1. The normalized spacial score (nSPS) is 17.0. The molecular formula is C11H17N3O3. The van der Waals surface area contributed by atoms with Crippen molar-refractivity contribution < 1.29 is 13.9 Å². The Morgan fingerprint density at radius 3 is 2.94 bits per heavy atom. The molecule has 1 fully saturated rings. The number of oxazole rings is 1. The molecule has 6 heteroatoms. The van der Waals surface area contributed by atoms with Crippen molar-refractivity contribution in [2.45, 2.75) is 6.92 Å². The highest BCUT2D eigenvalue weighted by molar-refractivity contribution is 5.91. The van der Waals surface area contributed by atoms with Gasteiger partial charge in [-0.2, -0.15) is 0 Å². The summed E-state index contributed by atoms with van der Waals surface area (Å²) >= 11 is 0. The number of hydrogen-bond acceptors (Lipinski definition) is 5. The van der Waals surface area contributed by atoms with Gasteiger partial charge in [0.05, 0.1) is 13.2 Å². The molecule has 1 aromatic heterocycles. The zero-order valence-electron chi connectivity index (χ0n) is 9.94. The van der Waals surface area contributed by atoms with Crippen LogP contribution in [0.4, 0.5) is 0 Å². The SMILES string of the molecule is Cc1nc(C(=O)NCCN2CCOCC2)co1. The topological polar surface area (TPSA) is 67.6 Å². The van der Waals surface area contributed by atoms with Crippen LogP contribution in [0.15, 0.2) is 10.7 Å². The van der Waals surface area contributed by atoms with Gasteiger partial charge >= 0.3 is 0 Å². The molecule has 0 aromatic carbocycles. The zero-order chi connectivity index (χ0) is 12.1. The van der Waals surface area contributed by atoms with E-state index in [4.69, 9.17) is 9.15 Å². The second-order valence-corrected chi connectivity index (χ2v) is 3.96. The van der Waals surface area contributed by atoms with Crippen LogP contribution in [0, 0.1) is 6.92 Å². The monoisotopic (exact) mass is 239 g/mol. The molecule has 94 valence electrons. The van der Waals surface area contributed by atoms with Gasteiger partial charge in [-0.05, 0) is 0 Å². The summed E-state index contributed by atoms with van der Waals surface area (Å²) in [5.41, 5.74) is 0.337. The van der Waals surface area contributed by atoms with Crippen LogP contribution in [-0.4, -0.2) is 55.2 Å². The van der Waals surface area contributed by atoms with Crippen LogP contribution < -0.4 is 5.32 Å². The average Bonchev–Trinajstić information content (AvgIpc) is 2.77. The molecular weight excluding hydrogens is 222 g/mol. The molecule has 0 saturated carbocycles. The van der Waals surface area contributed by atoms with Gasteiger partial charge < -0.3 is 14.5 Å². The predicted molar refractivity (Wildman–Crippen MR) is 60.8 cm³/mol. The number of hydrogen-bond donors (Lipinski definition) is 1. The lowest BCUT2D eigenvalue weighted by atomic mass is 10.4. The van der Waals surface area contributed by atoms with Gasteiger partial charge in [-0.1, -0.05) is 0 Å². The van der Waals surface area contributed by atoms with E-state index in [-0.39, 0.29) is 5.91 Å². The van der Waals surface area contributed by atoms with E-state index >= 15 is 0 Å². The third-order valence-corrected chi connectivity index (χ3v) is 2.67. The van der Waals surface area contributed by atoms with Crippen LogP contribution in [0.2, 0.25) is 0 Å². The van der Waals surface area contributed by atoms with Crippen molar-refractivity contribution in [3.05, 3.63) is 17.8 Å². The molecule has 17 heavy (non-hydrogen) atoms. The van der Waals surface area contributed by atoms with Gasteiger partial charge in [-0.15, -0.1) is 0 Å². The molecule has 1 aliphatic heterocycles. The minimum atomic E-state index is -0.185. The molecule has 0 bridgehead atoms. The summed E-state index contributed by atoms with van der Waals surface area (Å²) in [7, 11) is 0. The van der Waals surface area contributed by atoms with Crippen molar-refractivity contribution in [3.8, 4) is 0 Å². The lowest BCUT2D eigenvalue weighted by molar-refractivity contribution is 0.0383. The molecule has 0 spiro atoms. The Bertz CT molecular complexity index is 372. The van der Waals surface area contributed by atoms with E-state index in [0.717, 1.165) is 32.8 Å². The first-order valence-electron chi connectivity index (χ1n) is 5.76. The highest BCUT2D eigenvalue weighted by atomic mass is 16.5. The van der Waals surface area contributed by atoms with Crippen LogP contribution in [0.5, 0.6) is 0 Å². The second-order valence-electron chi connectivity index (χ2n) is 3.96. The Morgan fingerprint density at radius 1 is 1.53 bits per heavy atom. The third kappa shape index (κ3) is 3.54. The minimum absolute atomic E-state index is 0.185. The maximum absolute atomic E-state index is 11.6. The lowest BCUT2D eigenvalue weighted by Gasteiger charge is -2.26. The van der Waals surface area contributed by atoms with Crippen LogP contribution in [0.25, 0.3) is 0 Å². The number of ether oxygens (including phenoxy) is 1. The molecule has 1 amide bonds. The molecule has 2 heterocycles. The first-order valence-corrected chi connectivity index (χ1v) is 5.76. The van der Waals surface area contributed by atoms with Crippen molar-refractivity contribution in [2.75, 3.05) is 39.4 Å². The van der Waals surface area contributed by atoms with Gasteiger partial charge in [-0.25, -0.2) is 4.98 Å². The molecule has 6 nitrogen and oxygen atoms in total. The fourth-order valence-corrected chi connectivity index (χ4v) is 1.71. The summed E-state index contributed by atoms with van der Waals surface area (Å²) in [6.07, 6.45) is 1.37. The summed E-state index contributed by atoms with van der Waals surface area (Å²) < 4.78 is 10.2. The van der Waals surface area contributed by atoms with Crippen molar-refractivity contribution in [1.29, 1.82) is 0 Å². The number of aryl methyl sites for hydroxylation is 1. The third-order valence-electron chi connectivity index (χ3n) is 2.67. The Balaban J connectivity index is 1.69. The van der Waals surface area contributed by atoms with Crippen LogP contribution in [0.1, 0.15) is 16.4 Å². The number of carbonyl (C=O) groups excluding carboxylic acids is 1. The highest BCUT2D eigenvalue weighted by Gasteiger charge is 2.12. The first-order chi connectivity index (χ1) is 8.25. The smallest absolute Gasteiger partial charge is 0.273 e. The fraction of sp³-hybridized carbons (Fsp3) is 0.636. The maximum atomic E-state index is 11.6. The molecule has 1 aromatic rings. The molecule has 2 rings (SSSR count). The van der Waals surface area contributed by atoms with Crippen molar-refractivity contribution in [2.24, 2.45) is 0 Å². The van der Waals surface area contributed by atoms with Crippen LogP contribution in [-0.2, 0) is 4.74 Å². The molecule has 0 aliphatic carbocycles. The van der Waals surface area contributed by atoms with E-state index in [0.29, 0.717) is 18.1 Å². The Hall–Kier alpha value is -1.40. The Labute approximate surface area is 99.9 Å². The molecule has 1 N–H and O–H groups in total. The minimum Gasteiger partial charge on any atom is -0.448 e. The van der Waals surface area contributed by atoms with Gasteiger partial charge in [-0.3, -0.25) is 9.69 Å². The molecule has 1 saturated heterocycles. The summed E-state index contributed by atoms with van der Waals surface area (Å²) in [5, 5.41) is 2.82. The number of amides is 1. The molecule has 0 atom stereocenters.